The average Bonchev–Trinajstić information content (AvgIpc) is 3.26. The van der Waals surface area contributed by atoms with Crippen LogP contribution in [-0.2, 0) is 16.1 Å². The Morgan fingerprint density at radius 2 is 1.97 bits per heavy atom. The molecule has 1 amide bonds. The van der Waals surface area contributed by atoms with Crippen LogP contribution in [0, 0.1) is 5.92 Å². The molecule has 2 saturated heterocycles. The fourth-order valence-corrected chi connectivity index (χ4v) is 5.55. The summed E-state index contributed by atoms with van der Waals surface area (Å²) < 4.78 is 11.4. The Balaban J connectivity index is 1.45. The summed E-state index contributed by atoms with van der Waals surface area (Å²) in [7, 11) is 1.71. The number of piperidine rings is 1. The van der Waals surface area contributed by atoms with E-state index in [1.54, 1.807) is 7.11 Å². The highest BCUT2D eigenvalue weighted by atomic mass is 16.5. The molecule has 1 aromatic carbocycles. The molecule has 0 bridgehead atoms. The van der Waals surface area contributed by atoms with Gasteiger partial charge in [-0.3, -0.25) is 9.69 Å². The van der Waals surface area contributed by atoms with Crippen molar-refractivity contribution in [2.75, 3.05) is 33.4 Å². The van der Waals surface area contributed by atoms with Gasteiger partial charge < -0.3 is 14.4 Å². The Morgan fingerprint density at radius 3 is 2.79 bits per heavy atom. The third kappa shape index (κ3) is 5.13. The molecule has 0 N–H and O–H groups in total. The third-order valence-electron chi connectivity index (χ3n) is 6.99. The first kappa shape index (κ1) is 20.7. The van der Waals surface area contributed by atoms with Crippen molar-refractivity contribution in [3.05, 3.63) is 29.8 Å². The summed E-state index contributed by atoms with van der Waals surface area (Å²) in [6.07, 6.45) is 10.0. The summed E-state index contributed by atoms with van der Waals surface area (Å²) in [4.78, 5) is 17.9. The van der Waals surface area contributed by atoms with Crippen molar-refractivity contribution in [3.63, 3.8) is 0 Å². The molecule has 0 aromatic heterocycles. The molecule has 1 saturated carbocycles. The first-order chi connectivity index (χ1) is 14.2. The highest BCUT2D eigenvalue weighted by Crippen LogP contribution is 2.35. The fraction of sp³-hybridized carbons (Fsp3) is 0.708. The lowest BCUT2D eigenvalue weighted by Crippen LogP contribution is -2.52. The number of ether oxygens (including phenoxy) is 2. The number of amides is 1. The molecule has 3 aliphatic rings. The van der Waals surface area contributed by atoms with E-state index in [1.807, 2.05) is 18.2 Å². The minimum absolute atomic E-state index is 0.237. The Morgan fingerprint density at radius 1 is 1.14 bits per heavy atom. The molecule has 0 radical (unpaired) electrons. The van der Waals surface area contributed by atoms with Gasteiger partial charge in [0.05, 0.1) is 19.8 Å². The summed E-state index contributed by atoms with van der Waals surface area (Å²) >= 11 is 0. The maximum Gasteiger partial charge on any atom is 0.237 e. The molecule has 29 heavy (non-hydrogen) atoms. The van der Waals surface area contributed by atoms with Gasteiger partial charge in [-0.2, -0.15) is 0 Å². The summed E-state index contributed by atoms with van der Waals surface area (Å²) in [6.45, 7) is 3.78. The predicted molar refractivity (Wildman–Crippen MR) is 114 cm³/mol. The van der Waals surface area contributed by atoms with Crippen molar-refractivity contribution in [3.8, 4) is 5.75 Å². The second-order valence-electron chi connectivity index (χ2n) is 8.96. The summed E-state index contributed by atoms with van der Waals surface area (Å²) in [6, 6.07) is 8.61. The lowest BCUT2D eigenvalue weighted by atomic mass is 9.78. The first-order valence-corrected chi connectivity index (χ1v) is 11.5. The molecular formula is C24H36N2O3. The summed E-state index contributed by atoms with van der Waals surface area (Å²) in [5, 5.41) is 0. The summed E-state index contributed by atoms with van der Waals surface area (Å²) in [5.41, 5.74) is 1.13. The first-order valence-electron chi connectivity index (χ1n) is 11.5. The largest absolute Gasteiger partial charge is 0.496 e. The van der Waals surface area contributed by atoms with E-state index in [2.05, 4.69) is 15.9 Å². The number of fused-ring (bicyclic) bond motifs is 1. The molecular weight excluding hydrogens is 364 g/mol. The monoisotopic (exact) mass is 400 g/mol. The molecule has 5 heteroatoms. The SMILES string of the molecule is COc1ccccc1CN(CC(=O)N1CCCC2CCCCC21)CC1CCCO1. The Bertz CT molecular complexity index is 672. The Kier molecular flexibility index (Phi) is 7.09. The average molecular weight is 401 g/mol. The number of likely N-dealkylation sites (tertiary alicyclic amines) is 1. The minimum Gasteiger partial charge on any atom is -0.496 e. The number of hydrogen-bond donors (Lipinski definition) is 0. The highest BCUT2D eigenvalue weighted by Gasteiger charge is 2.36. The van der Waals surface area contributed by atoms with Crippen molar-refractivity contribution in [2.45, 2.75) is 70.1 Å². The zero-order valence-corrected chi connectivity index (χ0v) is 17.9. The van der Waals surface area contributed by atoms with E-state index in [1.165, 1.54) is 32.1 Å². The van der Waals surface area contributed by atoms with Crippen LogP contribution in [0.25, 0.3) is 0 Å². The molecule has 3 fully saturated rings. The van der Waals surface area contributed by atoms with E-state index in [9.17, 15) is 4.79 Å². The number of benzene rings is 1. The maximum atomic E-state index is 13.4. The van der Waals surface area contributed by atoms with Crippen LogP contribution in [0.2, 0.25) is 0 Å². The second kappa shape index (κ2) is 9.94. The van der Waals surface area contributed by atoms with Crippen molar-refractivity contribution in [1.82, 2.24) is 9.80 Å². The van der Waals surface area contributed by atoms with E-state index < -0.39 is 0 Å². The standard InChI is InChI=1S/C24H36N2O3/c1-28-23-13-5-3-9-20(23)16-25(17-21-11-7-15-29-21)18-24(27)26-14-6-10-19-8-2-4-12-22(19)26/h3,5,9,13,19,21-22H,2,4,6-8,10-12,14-18H2,1H3. The molecule has 2 aliphatic heterocycles. The lowest BCUT2D eigenvalue weighted by Gasteiger charge is -2.44. The van der Waals surface area contributed by atoms with Crippen LogP contribution in [0.1, 0.15) is 56.9 Å². The molecule has 3 unspecified atom stereocenters. The molecule has 0 spiro atoms. The zero-order chi connectivity index (χ0) is 20.1. The van der Waals surface area contributed by atoms with Crippen molar-refractivity contribution < 1.29 is 14.3 Å². The van der Waals surface area contributed by atoms with Gasteiger partial charge in [0.25, 0.3) is 0 Å². The van der Waals surface area contributed by atoms with E-state index >= 15 is 0 Å². The van der Waals surface area contributed by atoms with Crippen molar-refractivity contribution in [2.24, 2.45) is 5.92 Å². The van der Waals surface area contributed by atoms with Crippen LogP contribution in [0.5, 0.6) is 5.75 Å². The van der Waals surface area contributed by atoms with Gasteiger partial charge in [0.1, 0.15) is 5.75 Å². The Hall–Kier alpha value is -1.59. The predicted octanol–water partition coefficient (Wildman–Crippen LogP) is 3.86. The molecule has 5 nitrogen and oxygen atoms in total. The highest BCUT2D eigenvalue weighted by molar-refractivity contribution is 5.78. The normalized spacial score (nSPS) is 27.1. The van der Waals surface area contributed by atoms with Gasteiger partial charge in [0.15, 0.2) is 0 Å². The van der Waals surface area contributed by atoms with Crippen LogP contribution in [-0.4, -0.2) is 61.2 Å². The van der Waals surface area contributed by atoms with Crippen LogP contribution in [0.15, 0.2) is 24.3 Å². The summed E-state index contributed by atoms with van der Waals surface area (Å²) in [5.74, 6) is 1.92. The van der Waals surface area contributed by atoms with Crippen molar-refractivity contribution in [1.29, 1.82) is 0 Å². The topological polar surface area (TPSA) is 42.0 Å². The second-order valence-corrected chi connectivity index (χ2v) is 8.96. The number of methoxy groups -OCH3 is 1. The van der Waals surface area contributed by atoms with Crippen molar-refractivity contribution >= 4 is 5.91 Å². The Labute approximate surface area is 175 Å². The molecule has 1 aromatic rings. The van der Waals surface area contributed by atoms with E-state index in [4.69, 9.17) is 9.47 Å². The van der Waals surface area contributed by atoms with E-state index in [0.29, 0.717) is 18.5 Å². The van der Waals surface area contributed by atoms with Gasteiger partial charge in [-0.25, -0.2) is 0 Å². The van der Waals surface area contributed by atoms with Gasteiger partial charge in [0, 0.05) is 37.8 Å². The number of nitrogens with zero attached hydrogens (tertiary/aromatic N) is 2. The molecule has 160 valence electrons. The molecule has 2 heterocycles. The van der Waals surface area contributed by atoms with Gasteiger partial charge in [-0.05, 0) is 50.5 Å². The quantitative estimate of drug-likeness (QED) is 0.697. The lowest BCUT2D eigenvalue weighted by molar-refractivity contribution is -0.139. The fourth-order valence-electron chi connectivity index (χ4n) is 5.55. The number of hydrogen-bond acceptors (Lipinski definition) is 4. The minimum atomic E-state index is 0.237. The van der Waals surface area contributed by atoms with Crippen LogP contribution < -0.4 is 4.74 Å². The van der Waals surface area contributed by atoms with Gasteiger partial charge in [-0.15, -0.1) is 0 Å². The van der Waals surface area contributed by atoms with Gasteiger partial charge in [0.2, 0.25) is 5.91 Å². The van der Waals surface area contributed by atoms with Crippen LogP contribution in [0.3, 0.4) is 0 Å². The number of para-hydroxylation sites is 1. The zero-order valence-electron chi connectivity index (χ0n) is 17.9. The number of carbonyl (C=O) groups excluding carboxylic acids is 1. The number of carbonyl (C=O) groups is 1. The molecule has 3 atom stereocenters. The molecule has 1 aliphatic carbocycles. The van der Waals surface area contributed by atoms with Gasteiger partial charge >= 0.3 is 0 Å². The molecule has 4 rings (SSSR count). The maximum absolute atomic E-state index is 13.4. The van der Waals surface area contributed by atoms with Crippen LogP contribution >= 0.6 is 0 Å². The van der Waals surface area contributed by atoms with Gasteiger partial charge in [-0.1, -0.05) is 31.0 Å². The third-order valence-corrected chi connectivity index (χ3v) is 6.99. The van der Waals surface area contributed by atoms with E-state index in [-0.39, 0.29) is 6.10 Å². The number of rotatable bonds is 7. The van der Waals surface area contributed by atoms with Crippen LogP contribution in [0.4, 0.5) is 0 Å². The van der Waals surface area contributed by atoms with E-state index in [0.717, 1.165) is 62.7 Å². The smallest absolute Gasteiger partial charge is 0.237 e.